The van der Waals surface area contributed by atoms with Crippen LogP contribution in [-0.2, 0) is 52.1 Å². The molecule has 10 atom stereocenters. The lowest BCUT2D eigenvalue weighted by atomic mass is 9.95. The molecule has 7 aromatic rings. The van der Waals surface area contributed by atoms with Gasteiger partial charge in [0, 0.05) is 0 Å². The quantitative estimate of drug-likeness (QED) is 0.0402. The molecule has 2 saturated heterocycles. The minimum Gasteiger partial charge on any atom is -0.471 e. The van der Waals surface area contributed by atoms with E-state index in [-0.39, 0.29) is 50.7 Å². The highest BCUT2D eigenvalue weighted by atomic mass is 32.1. The molecule has 0 aliphatic carbocycles. The zero-order chi connectivity index (χ0) is 59.5. The van der Waals surface area contributed by atoms with E-state index in [0.717, 1.165) is 0 Å². The predicted molar refractivity (Wildman–Crippen MR) is 306 cm³/mol. The zero-order valence-corrected chi connectivity index (χ0v) is 46.4. The van der Waals surface area contributed by atoms with Crippen molar-refractivity contribution in [2.24, 2.45) is 0 Å². The molecular formula is C65H57NO18S. The lowest BCUT2D eigenvalue weighted by Crippen LogP contribution is -2.69. The smallest absolute Gasteiger partial charge is 0.338 e. The van der Waals surface area contributed by atoms with Crippen molar-refractivity contribution in [2.45, 2.75) is 74.7 Å². The molecule has 2 fully saturated rings. The van der Waals surface area contributed by atoms with Gasteiger partial charge in [-0.25, -0.2) is 33.6 Å². The normalized spacial score (nSPS) is 21.5. The van der Waals surface area contributed by atoms with Crippen molar-refractivity contribution in [3.63, 3.8) is 0 Å². The van der Waals surface area contributed by atoms with Gasteiger partial charge in [-0.2, -0.15) is 0 Å². The fraction of sp³-hybridized carbons (Fsp3) is 0.231. The van der Waals surface area contributed by atoms with E-state index >= 15 is 0 Å². The molecule has 2 heterocycles. The number of carbonyl (C=O) groups is 7. The summed E-state index contributed by atoms with van der Waals surface area (Å²) < 4.78 is 69.8. The summed E-state index contributed by atoms with van der Waals surface area (Å²) in [5, 5.41) is 2.70. The molecule has 85 heavy (non-hydrogen) atoms. The summed E-state index contributed by atoms with van der Waals surface area (Å²) in [6, 6.07) is 54.8. The zero-order valence-electron chi connectivity index (χ0n) is 45.6. The summed E-state index contributed by atoms with van der Waals surface area (Å²) in [5.74, 6) is -6.57. The first-order valence-corrected chi connectivity index (χ1v) is 27.5. The average molecular weight is 1170 g/mol. The highest BCUT2D eigenvalue weighted by Gasteiger charge is 2.58. The maximum atomic E-state index is 14.7. The van der Waals surface area contributed by atoms with Gasteiger partial charge in [0.05, 0.1) is 45.6 Å². The molecule has 0 amide bonds. The van der Waals surface area contributed by atoms with Crippen molar-refractivity contribution in [1.82, 2.24) is 5.32 Å². The number of carbonyl (C=O) groups excluding carboxylic acids is 7. The number of hydrogen-bond acceptors (Lipinski definition) is 19. The second-order valence-electron chi connectivity index (χ2n) is 19.1. The Balaban J connectivity index is 1.22. The van der Waals surface area contributed by atoms with Crippen LogP contribution in [0.4, 0.5) is 0 Å². The van der Waals surface area contributed by atoms with Crippen LogP contribution in [0.2, 0.25) is 0 Å². The SMILES string of the molecule is CCCOC(=S)N[C@@H]1O[C@H](COC(=O)c2ccccc2)[C@@H](O[C@H]2O[C@H](COC(=O)c3ccccc3)[C@@H](OC(=O)c3ccccc3)[C@H](OC(=O)c3ccccc3)[C@H]2OC(=O)c2ccccc2)[C@H](OC(=O)c2ccccc2)[C@H]1OC(=O)c1ccccc1. The Bertz CT molecular complexity index is 3370. The summed E-state index contributed by atoms with van der Waals surface area (Å²) in [4.78, 5) is 100. The Kier molecular flexibility index (Phi) is 20.9. The molecule has 1 N–H and O–H groups in total. The van der Waals surface area contributed by atoms with E-state index in [0.29, 0.717) is 6.42 Å². The van der Waals surface area contributed by atoms with Crippen LogP contribution in [0, 0.1) is 0 Å². The molecule has 20 heteroatoms. The van der Waals surface area contributed by atoms with E-state index in [1.165, 1.54) is 84.9 Å². The Labute approximate surface area is 493 Å². The summed E-state index contributed by atoms with van der Waals surface area (Å²) in [6.07, 6.45) is -17.6. The van der Waals surface area contributed by atoms with Gasteiger partial charge in [0.2, 0.25) is 0 Å². The lowest BCUT2D eigenvalue weighted by molar-refractivity contribution is -0.339. The minimum absolute atomic E-state index is 0.00411. The molecule has 0 unspecified atom stereocenters. The van der Waals surface area contributed by atoms with Crippen LogP contribution in [-0.4, -0.2) is 128 Å². The highest BCUT2D eigenvalue weighted by Crippen LogP contribution is 2.37. The minimum atomic E-state index is -2.07. The molecule has 0 spiro atoms. The van der Waals surface area contributed by atoms with E-state index in [2.05, 4.69) is 5.32 Å². The molecular weight excluding hydrogens is 1110 g/mol. The van der Waals surface area contributed by atoms with E-state index in [1.54, 1.807) is 127 Å². The summed E-state index contributed by atoms with van der Waals surface area (Å²) >= 11 is 5.61. The third-order valence-electron chi connectivity index (χ3n) is 13.3. The monoisotopic (exact) mass is 1170 g/mol. The van der Waals surface area contributed by atoms with Crippen LogP contribution in [0.5, 0.6) is 0 Å². The van der Waals surface area contributed by atoms with Crippen LogP contribution < -0.4 is 5.32 Å². The molecule has 0 bridgehead atoms. The Morgan fingerprint density at radius 3 is 1.01 bits per heavy atom. The fourth-order valence-electron chi connectivity index (χ4n) is 9.08. The first kappa shape index (κ1) is 60.0. The molecule has 0 radical (unpaired) electrons. The van der Waals surface area contributed by atoms with Crippen molar-refractivity contribution in [3.05, 3.63) is 251 Å². The van der Waals surface area contributed by atoms with Crippen LogP contribution in [0.25, 0.3) is 0 Å². The third kappa shape index (κ3) is 15.9. The lowest BCUT2D eigenvalue weighted by Gasteiger charge is -2.49. The van der Waals surface area contributed by atoms with Crippen molar-refractivity contribution in [1.29, 1.82) is 0 Å². The number of thiocarbonyl (C=S) groups is 1. The molecule has 19 nitrogen and oxygen atoms in total. The number of ether oxygens (including phenoxy) is 11. The summed E-state index contributed by atoms with van der Waals surface area (Å²) in [5.41, 5.74) is 0.398. The first-order chi connectivity index (χ1) is 41.4. The Morgan fingerprint density at radius 2 is 0.659 bits per heavy atom. The largest absolute Gasteiger partial charge is 0.471 e. The van der Waals surface area contributed by atoms with E-state index in [9.17, 15) is 33.6 Å². The molecule has 7 aromatic carbocycles. The Hall–Kier alpha value is -9.60. The van der Waals surface area contributed by atoms with Gasteiger partial charge in [0.25, 0.3) is 5.17 Å². The van der Waals surface area contributed by atoms with Crippen molar-refractivity contribution in [2.75, 3.05) is 19.8 Å². The first-order valence-electron chi connectivity index (χ1n) is 27.1. The van der Waals surface area contributed by atoms with Crippen LogP contribution in [0.3, 0.4) is 0 Å². The van der Waals surface area contributed by atoms with Crippen molar-refractivity contribution < 1.29 is 85.7 Å². The molecule has 0 saturated carbocycles. The number of benzene rings is 7. The van der Waals surface area contributed by atoms with Gasteiger partial charge >= 0.3 is 41.8 Å². The molecule has 9 rings (SSSR count). The van der Waals surface area contributed by atoms with Crippen LogP contribution in [0.1, 0.15) is 85.9 Å². The van der Waals surface area contributed by atoms with Crippen LogP contribution >= 0.6 is 12.2 Å². The van der Waals surface area contributed by atoms with E-state index in [4.69, 9.17) is 64.3 Å². The van der Waals surface area contributed by atoms with Gasteiger partial charge in [-0.1, -0.05) is 134 Å². The van der Waals surface area contributed by atoms with Gasteiger partial charge in [-0.3, -0.25) is 0 Å². The average Bonchev–Trinajstić information content (AvgIpc) is 2.22. The van der Waals surface area contributed by atoms with Gasteiger partial charge in [0.15, 0.2) is 43.0 Å². The summed E-state index contributed by atoms with van der Waals surface area (Å²) in [7, 11) is 0. The maximum Gasteiger partial charge on any atom is 0.338 e. The molecule has 2 aliphatic heterocycles. The number of esters is 7. The second kappa shape index (κ2) is 29.6. The standard InChI is InChI=1S/C65H57NO18S/c1-2-38-74-65(85)66-56-54(82-62(72)46-34-20-8-21-35-46)52(80-60(70)44-30-16-6-17-31-44)51(48(77-56)39-75-57(67)41-24-10-3-11-25-41)84-64-55(83-63(73)47-36-22-9-23-37-47)53(81-61(71)45-32-18-7-19-33-45)50(79-59(69)43-28-14-5-15-29-43)49(78-64)40-76-58(68)42-26-12-4-13-27-42/h3-37,48-56,64H,2,38-40H2,1H3,(H,66,85)/t48-,49-,50-,51-,52+,53+,54-,55-,56-,64-/m1/s1. The fourth-order valence-corrected chi connectivity index (χ4v) is 9.28. The van der Waals surface area contributed by atoms with Gasteiger partial charge in [-0.05, 0) is 104 Å². The maximum absolute atomic E-state index is 14.7. The van der Waals surface area contributed by atoms with E-state index in [1.807, 2.05) is 6.92 Å². The van der Waals surface area contributed by atoms with E-state index < -0.39 is 116 Å². The number of rotatable bonds is 21. The number of nitrogens with one attached hydrogen (secondary N) is 1. The van der Waals surface area contributed by atoms with Gasteiger partial charge < -0.3 is 57.4 Å². The topological polar surface area (TPSA) is 233 Å². The third-order valence-corrected chi connectivity index (χ3v) is 13.5. The highest BCUT2D eigenvalue weighted by molar-refractivity contribution is 7.80. The summed E-state index contributed by atoms with van der Waals surface area (Å²) in [6.45, 7) is 0.537. The van der Waals surface area contributed by atoms with Crippen molar-refractivity contribution >= 4 is 59.2 Å². The molecule has 2 aliphatic rings. The molecule has 0 aromatic heterocycles. The van der Waals surface area contributed by atoms with Crippen LogP contribution in [0.15, 0.2) is 212 Å². The Morgan fingerprint density at radius 1 is 0.365 bits per heavy atom. The van der Waals surface area contributed by atoms with Gasteiger partial charge in [0.1, 0.15) is 31.5 Å². The van der Waals surface area contributed by atoms with Crippen molar-refractivity contribution in [3.8, 4) is 0 Å². The predicted octanol–water partition coefficient (Wildman–Crippen LogP) is 8.96. The number of hydrogen-bond donors (Lipinski definition) is 1. The molecule has 436 valence electrons. The van der Waals surface area contributed by atoms with Gasteiger partial charge in [-0.15, -0.1) is 0 Å². The second-order valence-corrected chi connectivity index (χ2v) is 19.5.